The molecule has 1 amide bonds. The minimum Gasteiger partial charge on any atom is -0.361 e. The van der Waals surface area contributed by atoms with Crippen molar-refractivity contribution >= 4 is 23.2 Å². The zero-order valence-corrected chi connectivity index (χ0v) is 14.6. The van der Waals surface area contributed by atoms with E-state index in [1.807, 2.05) is 48.5 Å². The minimum atomic E-state index is -0.689. The average molecular weight is 367 g/mol. The zero-order chi connectivity index (χ0) is 18.1. The van der Waals surface area contributed by atoms with E-state index < -0.39 is 12.0 Å². The third kappa shape index (κ3) is 2.93. The first-order valence-electron chi connectivity index (χ1n) is 8.29. The fourth-order valence-electron chi connectivity index (χ4n) is 3.24. The normalized spacial score (nSPS) is 16.2. The maximum absolute atomic E-state index is 14.6. The van der Waals surface area contributed by atoms with Crippen molar-refractivity contribution in [1.29, 1.82) is 0 Å². The first-order chi connectivity index (χ1) is 12.6. The molecule has 1 aliphatic heterocycles. The van der Waals surface area contributed by atoms with Crippen LogP contribution in [0.5, 0.6) is 0 Å². The van der Waals surface area contributed by atoms with Crippen LogP contribution in [-0.2, 0) is 6.54 Å². The Balaban J connectivity index is 1.82. The molecule has 0 aromatic heterocycles. The minimum absolute atomic E-state index is 0.160. The number of nitrogens with one attached hydrogen (secondary N) is 1. The van der Waals surface area contributed by atoms with Crippen LogP contribution in [0, 0.1) is 5.82 Å². The first kappa shape index (κ1) is 16.6. The van der Waals surface area contributed by atoms with Crippen LogP contribution < -0.4 is 5.32 Å². The van der Waals surface area contributed by atoms with Gasteiger partial charge in [0.2, 0.25) is 0 Å². The van der Waals surface area contributed by atoms with E-state index in [4.69, 9.17) is 11.6 Å². The van der Waals surface area contributed by atoms with Crippen molar-refractivity contribution in [3.05, 3.63) is 100 Å². The number of anilines is 1. The number of halogens is 2. The predicted octanol–water partition coefficient (Wildman–Crippen LogP) is 5.25. The molecule has 130 valence electrons. The molecule has 0 aliphatic carbocycles. The summed E-state index contributed by atoms with van der Waals surface area (Å²) in [5.41, 5.74) is 2.46. The lowest BCUT2D eigenvalue weighted by Crippen LogP contribution is -2.43. The summed E-state index contributed by atoms with van der Waals surface area (Å²) < 4.78 is 14.6. The van der Waals surface area contributed by atoms with Gasteiger partial charge >= 0.3 is 0 Å². The maximum Gasteiger partial charge on any atom is 0.258 e. The number of carbonyl (C=O) groups is 1. The molecule has 1 N–H and O–H groups in total. The van der Waals surface area contributed by atoms with Crippen molar-refractivity contribution in [2.75, 3.05) is 5.32 Å². The van der Waals surface area contributed by atoms with E-state index in [0.717, 1.165) is 5.56 Å². The number of hydrogen-bond acceptors (Lipinski definition) is 2. The van der Waals surface area contributed by atoms with Gasteiger partial charge in [-0.25, -0.2) is 4.39 Å². The molecule has 1 aliphatic rings. The van der Waals surface area contributed by atoms with Gasteiger partial charge < -0.3 is 10.2 Å². The second kappa shape index (κ2) is 6.81. The number of rotatable bonds is 3. The molecule has 0 saturated heterocycles. The molecule has 0 fully saturated rings. The highest BCUT2D eigenvalue weighted by molar-refractivity contribution is 6.31. The van der Waals surface area contributed by atoms with Gasteiger partial charge in [0.1, 0.15) is 12.0 Å². The van der Waals surface area contributed by atoms with Crippen LogP contribution in [0.1, 0.15) is 27.7 Å². The molecule has 3 aromatic carbocycles. The van der Waals surface area contributed by atoms with Crippen molar-refractivity contribution in [3.63, 3.8) is 0 Å². The van der Waals surface area contributed by atoms with E-state index in [-0.39, 0.29) is 16.5 Å². The van der Waals surface area contributed by atoms with Gasteiger partial charge in [-0.2, -0.15) is 0 Å². The van der Waals surface area contributed by atoms with Crippen LogP contribution >= 0.6 is 11.6 Å². The van der Waals surface area contributed by atoms with Crippen molar-refractivity contribution in [2.24, 2.45) is 0 Å². The van der Waals surface area contributed by atoms with Crippen LogP contribution in [0.15, 0.2) is 72.8 Å². The van der Waals surface area contributed by atoms with Gasteiger partial charge in [-0.3, -0.25) is 4.79 Å². The van der Waals surface area contributed by atoms with Gasteiger partial charge in [0, 0.05) is 17.8 Å². The highest BCUT2D eigenvalue weighted by atomic mass is 35.5. The molecule has 1 atom stereocenters. The summed E-state index contributed by atoms with van der Waals surface area (Å²) in [7, 11) is 0. The van der Waals surface area contributed by atoms with Crippen LogP contribution in [0.3, 0.4) is 0 Å². The Hall–Kier alpha value is -2.85. The quantitative estimate of drug-likeness (QED) is 0.687. The zero-order valence-electron chi connectivity index (χ0n) is 13.8. The summed E-state index contributed by atoms with van der Waals surface area (Å²) in [5, 5.41) is 3.56. The number of hydrogen-bond donors (Lipinski definition) is 1. The largest absolute Gasteiger partial charge is 0.361 e. The van der Waals surface area contributed by atoms with E-state index in [1.54, 1.807) is 23.1 Å². The Morgan fingerprint density at radius 1 is 0.962 bits per heavy atom. The lowest BCUT2D eigenvalue weighted by Gasteiger charge is -2.38. The molecule has 1 unspecified atom stereocenters. The molecule has 0 bridgehead atoms. The molecular weight excluding hydrogens is 351 g/mol. The second-order valence-corrected chi connectivity index (χ2v) is 6.55. The molecule has 0 radical (unpaired) electrons. The number of nitrogens with zero attached hydrogens (tertiary/aromatic N) is 1. The van der Waals surface area contributed by atoms with Crippen LogP contribution in [0.4, 0.5) is 10.1 Å². The Morgan fingerprint density at radius 2 is 1.69 bits per heavy atom. The summed E-state index contributed by atoms with van der Waals surface area (Å²) in [6.45, 7) is 0.344. The Bertz CT molecular complexity index is 941. The predicted molar refractivity (Wildman–Crippen MR) is 101 cm³/mol. The van der Waals surface area contributed by atoms with E-state index >= 15 is 0 Å². The Labute approximate surface area is 156 Å². The fourth-order valence-corrected chi connectivity index (χ4v) is 3.50. The maximum atomic E-state index is 14.6. The molecule has 0 saturated carbocycles. The summed E-state index contributed by atoms with van der Waals surface area (Å²) in [6.07, 6.45) is -0.689. The Morgan fingerprint density at radius 3 is 2.46 bits per heavy atom. The van der Waals surface area contributed by atoms with Gasteiger partial charge in [0.05, 0.1) is 10.6 Å². The highest BCUT2D eigenvalue weighted by Crippen LogP contribution is 2.37. The first-order valence-corrected chi connectivity index (χ1v) is 8.67. The standard InChI is InChI=1S/C21H16ClFN2O/c22-16-10-6-11-17(23)19(16)20-24-18-12-5-4-9-15(18)21(26)25(20)13-14-7-2-1-3-8-14/h1-12,20,24H,13H2. The van der Waals surface area contributed by atoms with Crippen molar-refractivity contribution in [2.45, 2.75) is 12.7 Å². The van der Waals surface area contributed by atoms with Crippen molar-refractivity contribution in [3.8, 4) is 0 Å². The molecule has 4 rings (SSSR count). The van der Waals surface area contributed by atoms with Gasteiger partial charge in [-0.05, 0) is 29.8 Å². The molecule has 3 nitrogen and oxygen atoms in total. The van der Waals surface area contributed by atoms with Gasteiger partial charge in [0.25, 0.3) is 5.91 Å². The number of benzene rings is 3. The number of amides is 1. The summed E-state index contributed by atoms with van der Waals surface area (Å²) >= 11 is 6.29. The fraction of sp³-hybridized carbons (Fsp3) is 0.0952. The van der Waals surface area contributed by atoms with Crippen LogP contribution in [0.25, 0.3) is 0 Å². The van der Waals surface area contributed by atoms with Crippen molar-refractivity contribution in [1.82, 2.24) is 4.90 Å². The van der Waals surface area contributed by atoms with Crippen LogP contribution in [-0.4, -0.2) is 10.8 Å². The molecule has 3 aromatic rings. The van der Waals surface area contributed by atoms with Gasteiger partial charge in [-0.1, -0.05) is 60.1 Å². The summed E-state index contributed by atoms with van der Waals surface area (Å²) in [4.78, 5) is 14.8. The summed E-state index contributed by atoms with van der Waals surface area (Å²) in [5.74, 6) is -0.604. The van der Waals surface area contributed by atoms with E-state index in [0.29, 0.717) is 17.8 Å². The number of fused-ring (bicyclic) bond motifs is 1. The molecular formula is C21H16ClFN2O. The average Bonchev–Trinajstić information content (AvgIpc) is 2.65. The molecule has 1 heterocycles. The monoisotopic (exact) mass is 366 g/mol. The van der Waals surface area contributed by atoms with E-state index in [1.165, 1.54) is 6.07 Å². The van der Waals surface area contributed by atoms with Gasteiger partial charge in [0.15, 0.2) is 0 Å². The molecule has 5 heteroatoms. The lowest BCUT2D eigenvalue weighted by atomic mass is 10.0. The smallest absolute Gasteiger partial charge is 0.258 e. The highest BCUT2D eigenvalue weighted by Gasteiger charge is 2.35. The third-order valence-electron chi connectivity index (χ3n) is 4.49. The lowest BCUT2D eigenvalue weighted by molar-refractivity contribution is 0.0664. The van der Waals surface area contributed by atoms with Crippen molar-refractivity contribution < 1.29 is 9.18 Å². The van der Waals surface area contributed by atoms with Crippen LogP contribution in [0.2, 0.25) is 5.02 Å². The topological polar surface area (TPSA) is 32.3 Å². The summed E-state index contributed by atoms with van der Waals surface area (Å²) in [6, 6.07) is 21.4. The van der Waals surface area contributed by atoms with Gasteiger partial charge in [-0.15, -0.1) is 0 Å². The number of para-hydroxylation sites is 1. The molecule has 0 spiro atoms. The second-order valence-electron chi connectivity index (χ2n) is 6.15. The SMILES string of the molecule is O=C1c2ccccc2NC(c2c(F)cccc2Cl)N1Cc1ccccc1. The third-order valence-corrected chi connectivity index (χ3v) is 4.82. The van der Waals surface area contributed by atoms with E-state index in [2.05, 4.69) is 5.32 Å². The van der Waals surface area contributed by atoms with E-state index in [9.17, 15) is 9.18 Å². The number of carbonyl (C=O) groups excluding carboxylic acids is 1. The molecule has 26 heavy (non-hydrogen) atoms. The Kier molecular flexibility index (Phi) is 4.35.